The summed E-state index contributed by atoms with van der Waals surface area (Å²) < 4.78 is 5.02. The van der Waals surface area contributed by atoms with Crippen LogP contribution in [0.4, 0.5) is 0 Å². The lowest BCUT2D eigenvalue weighted by Crippen LogP contribution is -2.03. The minimum absolute atomic E-state index is 0.271. The van der Waals surface area contributed by atoms with Crippen molar-refractivity contribution in [1.29, 1.82) is 0 Å². The van der Waals surface area contributed by atoms with Crippen LogP contribution in [-0.2, 0) is 4.79 Å². The lowest BCUT2D eigenvalue weighted by atomic mass is 9.88. The SMILES string of the molecule is CCC(CC(C)C)c1ccc(OC(C)=O)cc1. The van der Waals surface area contributed by atoms with Gasteiger partial charge in [0.15, 0.2) is 0 Å². The van der Waals surface area contributed by atoms with Gasteiger partial charge in [-0.1, -0.05) is 32.9 Å². The zero-order chi connectivity index (χ0) is 12.8. The third-order valence-electron chi connectivity index (χ3n) is 2.86. The highest BCUT2D eigenvalue weighted by Gasteiger charge is 2.11. The molecule has 0 spiro atoms. The molecule has 0 aliphatic rings. The van der Waals surface area contributed by atoms with Crippen molar-refractivity contribution in [1.82, 2.24) is 0 Å². The summed E-state index contributed by atoms with van der Waals surface area (Å²) >= 11 is 0. The third kappa shape index (κ3) is 4.59. The zero-order valence-electron chi connectivity index (χ0n) is 11.2. The summed E-state index contributed by atoms with van der Waals surface area (Å²) in [6, 6.07) is 7.88. The highest BCUT2D eigenvalue weighted by atomic mass is 16.5. The first-order valence-electron chi connectivity index (χ1n) is 6.31. The van der Waals surface area contributed by atoms with Gasteiger partial charge in [-0.15, -0.1) is 0 Å². The van der Waals surface area contributed by atoms with Crippen LogP contribution in [0.25, 0.3) is 0 Å². The van der Waals surface area contributed by atoms with E-state index in [0.717, 1.165) is 6.42 Å². The fourth-order valence-electron chi connectivity index (χ4n) is 2.08. The molecule has 1 atom stereocenters. The van der Waals surface area contributed by atoms with Gasteiger partial charge in [-0.3, -0.25) is 4.79 Å². The van der Waals surface area contributed by atoms with Gasteiger partial charge in [-0.05, 0) is 42.4 Å². The highest BCUT2D eigenvalue weighted by molar-refractivity contribution is 5.69. The van der Waals surface area contributed by atoms with Crippen molar-refractivity contribution in [2.24, 2.45) is 5.92 Å². The quantitative estimate of drug-likeness (QED) is 0.565. The number of hydrogen-bond donors (Lipinski definition) is 0. The third-order valence-corrected chi connectivity index (χ3v) is 2.86. The van der Waals surface area contributed by atoms with E-state index in [-0.39, 0.29) is 5.97 Å². The van der Waals surface area contributed by atoms with Gasteiger partial charge >= 0.3 is 5.97 Å². The summed E-state index contributed by atoms with van der Waals surface area (Å²) in [5, 5.41) is 0. The first-order chi connectivity index (χ1) is 8.02. The molecule has 0 heterocycles. The molecule has 0 bridgehead atoms. The second-order valence-corrected chi connectivity index (χ2v) is 4.90. The molecule has 2 nitrogen and oxygen atoms in total. The molecule has 0 saturated carbocycles. The average Bonchev–Trinajstić information content (AvgIpc) is 2.26. The maximum atomic E-state index is 10.8. The Labute approximate surface area is 104 Å². The van der Waals surface area contributed by atoms with Crippen molar-refractivity contribution in [2.45, 2.75) is 46.5 Å². The Hall–Kier alpha value is -1.31. The molecule has 1 unspecified atom stereocenters. The predicted molar refractivity (Wildman–Crippen MR) is 70.2 cm³/mol. The standard InChI is InChI=1S/C15H22O2/c1-5-13(10-11(2)3)14-6-8-15(9-7-14)17-12(4)16/h6-9,11,13H,5,10H2,1-4H3. The maximum Gasteiger partial charge on any atom is 0.308 e. The number of carbonyl (C=O) groups excluding carboxylic acids is 1. The molecule has 1 aromatic rings. The molecule has 17 heavy (non-hydrogen) atoms. The van der Waals surface area contributed by atoms with Crippen LogP contribution in [0.5, 0.6) is 5.75 Å². The predicted octanol–water partition coefficient (Wildman–Crippen LogP) is 4.15. The van der Waals surface area contributed by atoms with Crippen molar-refractivity contribution < 1.29 is 9.53 Å². The van der Waals surface area contributed by atoms with Gasteiger partial charge in [-0.2, -0.15) is 0 Å². The molecular formula is C15H22O2. The summed E-state index contributed by atoms with van der Waals surface area (Å²) in [4.78, 5) is 10.8. The molecule has 1 rings (SSSR count). The molecular weight excluding hydrogens is 212 g/mol. The fourth-order valence-corrected chi connectivity index (χ4v) is 2.08. The summed E-state index contributed by atoms with van der Waals surface area (Å²) in [6.45, 7) is 8.13. The van der Waals surface area contributed by atoms with Crippen LogP contribution in [0.2, 0.25) is 0 Å². The Morgan fingerprint density at radius 1 is 1.24 bits per heavy atom. The number of hydrogen-bond acceptors (Lipinski definition) is 2. The van der Waals surface area contributed by atoms with E-state index in [4.69, 9.17) is 4.74 Å². The first kappa shape index (κ1) is 13.8. The number of rotatable bonds is 5. The van der Waals surface area contributed by atoms with Gasteiger partial charge in [0.1, 0.15) is 5.75 Å². The van der Waals surface area contributed by atoms with E-state index in [9.17, 15) is 4.79 Å². The van der Waals surface area contributed by atoms with E-state index in [1.54, 1.807) is 0 Å². The van der Waals surface area contributed by atoms with E-state index >= 15 is 0 Å². The van der Waals surface area contributed by atoms with Gasteiger partial charge in [-0.25, -0.2) is 0 Å². The van der Waals surface area contributed by atoms with Crippen LogP contribution in [0, 0.1) is 5.92 Å². The maximum absolute atomic E-state index is 10.8. The van der Waals surface area contributed by atoms with Crippen molar-refractivity contribution >= 4 is 5.97 Å². The van der Waals surface area contributed by atoms with Crippen molar-refractivity contribution in [3.8, 4) is 5.75 Å². The lowest BCUT2D eigenvalue weighted by Gasteiger charge is -2.17. The number of esters is 1. The zero-order valence-corrected chi connectivity index (χ0v) is 11.2. The molecule has 0 amide bonds. The molecule has 0 radical (unpaired) electrons. The van der Waals surface area contributed by atoms with Gasteiger partial charge < -0.3 is 4.74 Å². The highest BCUT2D eigenvalue weighted by Crippen LogP contribution is 2.28. The van der Waals surface area contributed by atoms with E-state index in [1.165, 1.54) is 18.9 Å². The number of carbonyl (C=O) groups is 1. The Bertz CT molecular complexity index is 352. The topological polar surface area (TPSA) is 26.3 Å². The monoisotopic (exact) mass is 234 g/mol. The first-order valence-corrected chi connectivity index (χ1v) is 6.31. The van der Waals surface area contributed by atoms with Crippen LogP contribution in [0.1, 0.15) is 52.0 Å². The Balaban J connectivity index is 2.74. The lowest BCUT2D eigenvalue weighted by molar-refractivity contribution is -0.131. The van der Waals surface area contributed by atoms with Crippen molar-refractivity contribution in [3.63, 3.8) is 0 Å². The smallest absolute Gasteiger partial charge is 0.308 e. The van der Waals surface area contributed by atoms with Gasteiger partial charge in [0.05, 0.1) is 0 Å². The van der Waals surface area contributed by atoms with Crippen molar-refractivity contribution in [3.05, 3.63) is 29.8 Å². The molecule has 1 aromatic carbocycles. The molecule has 0 aliphatic heterocycles. The molecule has 0 N–H and O–H groups in total. The van der Waals surface area contributed by atoms with E-state index in [0.29, 0.717) is 17.6 Å². The normalized spacial score (nSPS) is 12.5. The Morgan fingerprint density at radius 3 is 2.24 bits per heavy atom. The summed E-state index contributed by atoms with van der Waals surface area (Å²) in [7, 11) is 0. The Kier molecular flexibility index (Phi) is 5.20. The van der Waals surface area contributed by atoms with E-state index < -0.39 is 0 Å². The minimum atomic E-state index is -0.271. The van der Waals surface area contributed by atoms with Crippen molar-refractivity contribution in [2.75, 3.05) is 0 Å². The molecule has 0 saturated heterocycles. The second-order valence-electron chi connectivity index (χ2n) is 4.90. The molecule has 0 fully saturated rings. The average molecular weight is 234 g/mol. The second kappa shape index (κ2) is 6.43. The summed E-state index contributed by atoms with van der Waals surface area (Å²) in [5.41, 5.74) is 1.33. The van der Waals surface area contributed by atoms with E-state index in [1.807, 2.05) is 12.1 Å². The minimum Gasteiger partial charge on any atom is -0.427 e. The summed E-state index contributed by atoms with van der Waals surface area (Å²) in [6.07, 6.45) is 2.34. The number of ether oxygens (including phenoxy) is 1. The van der Waals surface area contributed by atoms with Crippen LogP contribution in [0.15, 0.2) is 24.3 Å². The molecule has 0 aromatic heterocycles. The molecule has 2 heteroatoms. The van der Waals surface area contributed by atoms with Crippen LogP contribution >= 0.6 is 0 Å². The van der Waals surface area contributed by atoms with E-state index in [2.05, 4.69) is 32.9 Å². The van der Waals surface area contributed by atoms with Gasteiger partial charge in [0.2, 0.25) is 0 Å². The molecule has 94 valence electrons. The van der Waals surface area contributed by atoms with Gasteiger partial charge in [0, 0.05) is 6.92 Å². The fraction of sp³-hybridized carbons (Fsp3) is 0.533. The van der Waals surface area contributed by atoms with Crippen LogP contribution in [-0.4, -0.2) is 5.97 Å². The van der Waals surface area contributed by atoms with Crippen LogP contribution in [0.3, 0.4) is 0 Å². The number of benzene rings is 1. The Morgan fingerprint density at radius 2 is 1.82 bits per heavy atom. The van der Waals surface area contributed by atoms with Gasteiger partial charge in [0.25, 0.3) is 0 Å². The largest absolute Gasteiger partial charge is 0.427 e. The molecule has 0 aliphatic carbocycles. The van der Waals surface area contributed by atoms with Crippen LogP contribution < -0.4 is 4.74 Å². The summed E-state index contributed by atoms with van der Waals surface area (Å²) in [5.74, 6) is 1.65.